The van der Waals surface area contributed by atoms with Gasteiger partial charge in [-0.25, -0.2) is 9.97 Å². The number of rotatable bonds is 6. The van der Waals surface area contributed by atoms with Crippen LogP contribution in [0.4, 0.5) is 0 Å². The number of benzene rings is 2. The topological polar surface area (TPSA) is 69.0 Å². The molecule has 2 aromatic heterocycles. The molecule has 1 amide bonds. The lowest BCUT2D eigenvalue weighted by Gasteiger charge is -2.06. The number of carbonyl (C=O) groups is 1. The Labute approximate surface area is 168 Å². The molecular weight excluding hydrogens is 364 g/mol. The SMILES string of the molecule is COc1cccc(/C=C/C(=O)NCc2ccc(-n3cnc4ccccc43)nc2)c1. The Morgan fingerprint density at radius 3 is 2.83 bits per heavy atom. The lowest BCUT2D eigenvalue weighted by atomic mass is 10.2. The normalized spacial score (nSPS) is 11.1. The second-order valence-corrected chi connectivity index (χ2v) is 6.46. The number of para-hydroxylation sites is 2. The summed E-state index contributed by atoms with van der Waals surface area (Å²) in [6.07, 6.45) is 6.78. The van der Waals surface area contributed by atoms with E-state index < -0.39 is 0 Å². The molecule has 0 bridgehead atoms. The fourth-order valence-corrected chi connectivity index (χ4v) is 2.97. The van der Waals surface area contributed by atoms with Crippen LogP contribution in [0.1, 0.15) is 11.1 Å². The first-order valence-corrected chi connectivity index (χ1v) is 9.20. The van der Waals surface area contributed by atoms with Crippen LogP contribution in [-0.2, 0) is 11.3 Å². The van der Waals surface area contributed by atoms with Gasteiger partial charge in [0, 0.05) is 18.8 Å². The summed E-state index contributed by atoms with van der Waals surface area (Å²) in [6, 6.07) is 19.3. The van der Waals surface area contributed by atoms with Crippen molar-refractivity contribution in [3.8, 4) is 11.6 Å². The molecule has 0 aliphatic carbocycles. The molecule has 1 N–H and O–H groups in total. The summed E-state index contributed by atoms with van der Waals surface area (Å²) in [5.74, 6) is 1.37. The van der Waals surface area contributed by atoms with Crippen molar-refractivity contribution in [2.45, 2.75) is 6.54 Å². The van der Waals surface area contributed by atoms with Crippen molar-refractivity contribution in [3.05, 3.63) is 90.4 Å². The summed E-state index contributed by atoms with van der Waals surface area (Å²) in [6.45, 7) is 0.402. The van der Waals surface area contributed by atoms with Crippen LogP contribution >= 0.6 is 0 Å². The Bertz CT molecular complexity index is 1160. The van der Waals surface area contributed by atoms with Gasteiger partial charge in [0.05, 0.1) is 18.1 Å². The molecule has 4 aromatic rings. The first-order valence-electron chi connectivity index (χ1n) is 9.20. The van der Waals surface area contributed by atoms with Gasteiger partial charge in [0.25, 0.3) is 0 Å². The highest BCUT2D eigenvalue weighted by Crippen LogP contribution is 2.16. The van der Waals surface area contributed by atoms with Gasteiger partial charge in [-0.1, -0.05) is 30.3 Å². The van der Waals surface area contributed by atoms with Crippen molar-refractivity contribution in [2.75, 3.05) is 7.11 Å². The zero-order valence-electron chi connectivity index (χ0n) is 15.9. The zero-order valence-corrected chi connectivity index (χ0v) is 15.9. The zero-order chi connectivity index (χ0) is 20.1. The van der Waals surface area contributed by atoms with Crippen molar-refractivity contribution in [1.29, 1.82) is 0 Å². The van der Waals surface area contributed by atoms with Crippen LogP contribution in [0.2, 0.25) is 0 Å². The fourth-order valence-electron chi connectivity index (χ4n) is 2.97. The van der Waals surface area contributed by atoms with Crippen molar-refractivity contribution in [1.82, 2.24) is 19.9 Å². The molecule has 144 valence electrons. The fraction of sp³-hybridized carbons (Fsp3) is 0.0870. The largest absolute Gasteiger partial charge is 0.497 e. The summed E-state index contributed by atoms with van der Waals surface area (Å²) in [7, 11) is 1.62. The lowest BCUT2D eigenvalue weighted by Crippen LogP contribution is -2.20. The molecule has 2 heterocycles. The number of aromatic nitrogens is 3. The minimum atomic E-state index is -0.169. The summed E-state index contributed by atoms with van der Waals surface area (Å²) >= 11 is 0. The van der Waals surface area contributed by atoms with Crippen LogP contribution in [0.25, 0.3) is 22.9 Å². The Morgan fingerprint density at radius 2 is 2.00 bits per heavy atom. The number of hydrogen-bond donors (Lipinski definition) is 1. The highest BCUT2D eigenvalue weighted by Gasteiger charge is 2.05. The molecule has 0 radical (unpaired) electrons. The predicted octanol–water partition coefficient (Wildman–Crippen LogP) is 3.76. The van der Waals surface area contributed by atoms with E-state index in [2.05, 4.69) is 15.3 Å². The second kappa shape index (κ2) is 8.39. The van der Waals surface area contributed by atoms with Gasteiger partial charge in [-0.3, -0.25) is 9.36 Å². The van der Waals surface area contributed by atoms with E-state index in [1.807, 2.05) is 65.2 Å². The van der Waals surface area contributed by atoms with Crippen LogP contribution in [0.5, 0.6) is 5.75 Å². The molecular formula is C23H20N4O2. The second-order valence-electron chi connectivity index (χ2n) is 6.46. The quantitative estimate of drug-likeness (QED) is 0.514. The van der Waals surface area contributed by atoms with E-state index in [4.69, 9.17) is 4.74 Å². The molecule has 0 aliphatic rings. The Kier molecular flexibility index (Phi) is 5.33. The maximum Gasteiger partial charge on any atom is 0.244 e. The third-order valence-electron chi connectivity index (χ3n) is 4.50. The van der Waals surface area contributed by atoms with Gasteiger partial charge in [-0.05, 0) is 47.5 Å². The van der Waals surface area contributed by atoms with Crippen LogP contribution in [-0.4, -0.2) is 27.6 Å². The standard InChI is InChI=1S/C23H20N4O2/c1-29-19-6-4-5-17(13-19)10-12-23(28)25-15-18-9-11-22(24-14-18)27-16-26-20-7-2-3-8-21(20)27/h2-14,16H,15H2,1H3,(H,25,28)/b12-10+. The third-order valence-corrected chi connectivity index (χ3v) is 4.50. The van der Waals surface area contributed by atoms with E-state index in [-0.39, 0.29) is 5.91 Å². The minimum Gasteiger partial charge on any atom is -0.497 e. The maximum absolute atomic E-state index is 12.1. The molecule has 0 atom stereocenters. The molecule has 2 aromatic carbocycles. The number of pyridine rings is 1. The summed E-state index contributed by atoms with van der Waals surface area (Å²) in [5.41, 5.74) is 3.75. The van der Waals surface area contributed by atoms with Crippen molar-refractivity contribution < 1.29 is 9.53 Å². The number of carbonyl (C=O) groups excluding carboxylic acids is 1. The molecule has 29 heavy (non-hydrogen) atoms. The third kappa shape index (κ3) is 4.32. The van der Waals surface area contributed by atoms with Crippen LogP contribution in [0.15, 0.2) is 79.3 Å². The van der Waals surface area contributed by atoms with Gasteiger partial charge in [0.2, 0.25) is 5.91 Å². The molecule has 0 fully saturated rings. The predicted molar refractivity (Wildman–Crippen MR) is 113 cm³/mol. The van der Waals surface area contributed by atoms with E-state index in [0.717, 1.165) is 33.7 Å². The van der Waals surface area contributed by atoms with Gasteiger partial charge in [0.1, 0.15) is 17.9 Å². The number of fused-ring (bicyclic) bond motifs is 1. The van der Waals surface area contributed by atoms with Gasteiger partial charge in [-0.15, -0.1) is 0 Å². The van der Waals surface area contributed by atoms with Gasteiger partial charge < -0.3 is 10.1 Å². The molecule has 6 heteroatoms. The molecule has 0 unspecified atom stereocenters. The smallest absolute Gasteiger partial charge is 0.244 e. The monoisotopic (exact) mass is 384 g/mol. The average Bonchev–Trinajstić information content (AvgIpc) is 3.21. The molecule has 4 rings (SSSR count). The molecule has 0 saturated carbocycles. The number of hydrogen-bond acceptors (Lipinski definition) is 4. The van der Waals surface area contributed by atoms with Crippen molar-refractivity contribution in [2.24, 2.45) is 0 Å². The van der Waals surface area contributed by atoms with E-state index in [1.54, 1.807) is 25.7 Å². The van der Waals surface area contributed by atoms with Crippen molar-refractivity contribution >= 4 is 23.0 Å². The number of methoxy groups -OCH3 is 1. The number of nitrogens with one attached hydrogen (secondary N) is 1. The molecule has 6 nitrogen and oxygen atoms in total. The first-order chi connectivity index (χ1) is 14.2. The Hall–Kier alpha value is -3.93. The number of nitrogens with zero attached hydrogens (tertiary/aromatic N) is 3. The van der Waals surface area contributed by atoms with Crippen molar-refractivity contribution in [3.63, 3.8) is 0 Å². The highest BCUT2D eigenvalue weighted by molar-refractivity contribution is 5.91. The maximum atomic E-state index is 12.1. The highest BCUT2D eigenvalue weighted by atomic mass is 16.5. The lowest BCUT2D eigenvalue weighted by molar-refractivity contribution is -0.116. The molecule has 0 spiro atoms. The van der Waals surface area contributed by atoms with Crippen LogP contribution in [0.3, 0.4) is 0 Å². The van der Waals surface area contributed by atoms with Gasteiger partial charge in [0.15, 0.2) is 0 Å². The molecule has 0 saturated heterocycles. The van der Waals surface area contributed by atoms with Crippen LogP contribution < -0.4 is 10.1 Å². The molecule has 0 aliphatic heterocycles. The minimum absolute atomic E-state index is 0.169. The van der Waals surface area contributed by atoms with E-state index in [1.165, 1.54) is 6.08 Å². The Morgan fingerprint density at radius 1 is 1.10 bits per heavy atom. The van der Waals surface area contributed by atoms with Gasteiger partial charge in [-0.2, -0.15) is 0 Å². The summed E-state index contributed by atoms with van der Waals surface area (Å²) < 4.78 is 7.12. The first kappa shape index (κ1) is 18.4. The van der Waals surface area contributed by atoms with E-state index in [9.17, 15) is 4.79 Å². The number of imidazole rings is 1. The summed E-state index contributed by atoms with van der Waals surface area (Å²) in [4.78, 5) is 21.0. The Balaban J connectivity index is 1.37. The summed E-state index contributed by atoms with van der Waals surface area (Å²) in [5, 5.41) is 2.87. The number of amides is 1. The van der Waals surface area contributed by atoms with E-state index in [0.29, 0.717) is 6.54 Å². The van der Waals surface area contributed by atoms with Crippen LogP contribution in [0, 0.1) is 0 Å². The average molecular weight is 384 g/mol. The van der Waals surface area contributed by atoms with E-state index >= 15 is 0 Å². The number of ether oxygens (including phenoxy) is 1. The van der Waals surface area contributed by atoms with Gasteiger partial charge >= 0.3 is 0 Å².